The molecule has 4 aliphatic rings. The van der Waals surface area contributed by atoms with E-state index in [1.165, 1.54) is 38.5 Å². The maximum absolute atomic E-state index is 10.0. The van der Waals surface area contributed by atoms with Gasteiger partial charge < -0.3 is 10.8 Å². The lowest BCUT2D eigenvalue weighted by Crippen LogP contribution is -2.68. The van der Waals surface area contributed by atoms with Gasteiger partial charge in [0, 0.05) is 11.8 Å². The minimum atomic E-state index is -0.0783. The second-order valence-corrected chi connectivity index (χ2v) is 8.97. The first-order valence-corrected chi connectivity index (χ1v) is 9.16. The van der Waals surface area contributed by atoms with E-state index in [0.717, 1.165) is 30.6 Å². The van der Waals surface area contributed by atoms with Crippen LogP contribution in [0, 0.1) is 28.6 Å². The summed E-state index contributed by atoms with van der Waals surface area (Å²) in [6, 6.07) is 0.676. The predicted octanol–water partition coefficient (Wildman–Crippen LogP) is 2.92. The summed E-state index contributed by atoms with van der Waals surface area (Å²) in [6.07, 6.45) is 12.4. The normalized spacial score (nSPS) is 56.2. The van der Waals surface area contributed by atoms with Crippen LogP contribution in [0.5, 0.6) is 0 Å². The Morgan fingerprint density at radius 1 is 1.10 bits per heavy atom. The first kappa shape index (κ1) is 14.3. The van der Waals surface area contributed by atoms with Crippen LogP contribution in [-0.4, -0.2) is 17.3 Å². The molecule has 0 heterocycles. The van der Waals surface area contributed by atoms with E-state index in [1.807, 2.05) is 0 Å². The molecule has 2 nitrogen and oxygen atoms in total. The van der Waals surface area contributed by atoms with Gasteiger partial charge in [0.1, 0.15) is 0 Å². The van der Waals surface area contributed by atoms with Crippen LogP contribution in [0.3, 0.4) is 0 Å². The molecular formula is C19H32NO+. The highest BCUT2D eigenvalue weighted by molar-refractivity contribution is 5.25. The van der Waals surface area contributed by atoms with Crippen LogP contribution < -0.4 is 5.73 Å². The molecule has 3 fully saturated rings. The lowest BCUT2D eigenvalue weighted by atomic mass is 9.48. The largest absolute Gasteiger partial charge is 0.393 e. The van der Waals surface area contributed by atoms with Crippen molar-refractivity contribution in [2.24, 2.45) is 28.6 Å². The van der Waals surface area contributed by atoms with Crippen LogP contribution in [0.2, 0.25) is 0 Å². The summed E-state index contributed by atoms with van der Waals surface area (Å²) in [6.45, 7) is 5.05. The second kappa shape index (κ2) is 4.58. The Morgan fingerprint density at radius 2 is 1.90 bits per heavy atom. The summed E-state index contributed by atoms with van der Waals surface area (Å²) in [4.78, 5) is 0. The minimum absolute atomic E-state index is 0.0783. The molecule has 0 radical (unpaired) electrons. The van der Waals surface area contributed by atoms with Gasteiger partial charge in [-0.05, 0) is 68.1 Å². The van der Waals surface area contributed by atoms with E-state index in [9.17, 15) is 5.11 Å². The minimum Gasteiger partial charge on any atom is -0.393 e. The number of rotatable bonds is 0. The third-order valence-corrected chi connectivity index (χ3v) is 8.27. The molecule has 2 heteroatoms. The molecule has 0 aromatic carbocycles. The van der Waals surface area contributed by atoms with Gasteiger partial charge in [-0.15, -0.1) is 0 Å². The summed E-state index contributed by atoms with van der Waals surface area (Å²) in [5.41, 5.74) is 6.99. The van der Waals surface area contributed by atoms with Gasteiger partial charge in [0.2, 0.25) is 0 Å². The van der Waals surface area contributed by atoms with Crippen molar-refractivity contribution in [1.29, 1.82) is 0 Å². The van der Waals surface area contributed by atoms with Crippen molar-refractivity contribution in [2.45, 2.75) is 77.4 Å². The summed E-state index contributed by atoms with van der Waals surface area (Å²) in [5.74, 6) is 2.66. The van der Waals surface area contributed by atoms with E-state index in [4.69, 9.17) is 0 Å². The molecule has 0 spiro atoms. The average Bonchev–Trinajstić information content (AvgIpc) is 2.76. The first-order chi connectivity index (χ1) is 9.95. The quantitative estimate of drug-likeness (QED) is 0.662. The number of aliphatic hydroxyl groups excluding tert-OH is 1. The zero-order chi connectivity index (χ0) is 14.8. The van der Waals surface area contributed by atoms with Gasteiger partial charge in [-0.3, -0.25) is 0 Å². The summed E-state index contributed by atoms with van der Waals surface area (Å²) in [5, 5.41) is 10.0. The lowest BCUT2D eigenvalue weighted by Gasteiger charge is -2.57. The van der Waals surface area contributed by atoms with E-state index >= 15 is 0 Å². The molecule has 7 atom stereocenters. The molecule has 0 aromatic heterocycles. The standard InChI is InChI=1S/C19H31NO/c1-18-9-7-13(21)11-12(18)3-4-14-15-5-6-17(20)19(15,2)10-8-16(14)18/h3,13-17,21H,4-11,20H2,1-2H3/p+1/t13-,14+,15-,16-,17-,18-,19+/m0/s1. The van der Waals surface area contributed by atoms with Crippen LogP contribution in [0.25, 0.3) is 0 Å². The number of hydrogen-bond donors (Lipinski definition) is 2. The van der Waals surface area contributed by atoms with Crippen molar-refractivity contribution >= 4 is 0 Å². The second-order valence-electron chi connectivity index (χ2n) is 8.97. The zero-order valence-corrected chi connectivity index (χ0v) is 13.8. The van der Waals surface area contributed by atoms with Gasteiger partial charge in [-0.25, -0.2) is 0 Å². The van der Waals surface area contributed by atoms with E-state index < -0.39 is 0 Å². The summed E-state index contributed by atoms with van der Waals surface area (Å²) in [7, 11) is 0. The van der Waals surface area contributed by atoms with Gasteiger partial charge in [-0.1, -0.05) is 25.5 Å². The molecule has 0 aromatic rings. The molecule has 21 heavy (non-hydrogen) atoms. The fourth-order valence-corrected chi connectivity index (χ4v) is 6.75. The van der Waals surface area contributed by atoms with E-state index in [-0.39, 0.29) is 6.10 Å². The van der Waals surface area contributed by atoms with Crippen LogP contribution in [0.15, 0.2) is 11.6 Å². The van der Waals surface area contributed by atoms with Gasteiger partial charge in [0.25, 0.3) is 0 Å². The van der Waals surface area contributed by atoms with Crippen LogP contribution in [0.4, 0.5) is 0 Å². The molecule has 0 amide bonds. The maximum Gasteiger partial charge on any atom is 0.0900 e. The molecule has 4 N–H and O–H groups in total. The Kier molecular flexibility index (Phi) is 3.11. The molecule has 118 valence electrons. The maximum atomic E-state index is 10.0. The molecule has 3 saturated carbocycles. The van der Waals surface area contributed by atoms with Crippen molar-refractivity contribution in [3.05, 3.63) is 11.6 Å². The molecule has 0 aliphatic heterocycles. The van der Waals surface area contributed by atoms with Gasteiger partial charge >= 0.3 is 0 Å². The van der Waals surface area contributed by atoms with Crippen molar-refractivity contribution in [3.8, 4) is 0 Å². The van der Waals surface area contributed by atoms with E-state index in [2.05, 4.69) is 25.7 Å². The van der Waals surface area contributed by atoms with Crippen molar-refractivity contribution in [1.82, 2.24) is 0 Å². The molecule has 4 rings (SSSR count). The fraction of sp³-hybridized carbons (Fsp3) is 0.895. The average molecular weight is 290 g/mol. The van der Waals surface area contributed by atoms with Crippen molar-refractivity contribution < 1.29 is 10.8 Å². The Labute approximate surface area is 129 Å². The third-order valence-electron chi connectivity index (χ3n) is 8.27. The third kappa shape index (κ3) is 1.84. The Hall–Kier alpha value is -0.340. The monoisotopic (exact) mass is 290 g/mol. The number of hydrogen-bond acceptors (Lipinski definition) is 1. The SMILES string of the molecule is C[C@@]12CC[C@H]3[C@H](CC=C4C[C@@H](O)CC[C@@]43C)[C@@H]1CC[C@@H]2[NH3+]. The molecule has 0 bridgehead atoms. The molecule has 0 unspecified atom stereocenters. The lowest BCUT2D eigenvalue weighted by molar-refractivity contribution is -0.445. The number of fused-ring (bicyclic) bond motifs is 5. The highest BCUT2D eigenvalue weighted by Crippen LogP contribution is 2.64. The summed E-state index contributed by atoms with van der Waals surface area (Å²) < 4.78 is 0. The van der Waals surface area contributed by atoms with Gasteiger partial charge in [0.05, 0.1) is 12.1 Å². The van der Waals surface area contributed by atoms with Gasteiger partial charge in [0.15, 0.2) is 0 Å². The van der Waals surface area contributed by atoms with Crippen LogP contribution in [-0.2, 0) is 0 Å². The van der Waals surface area contributed by atoms with E-state index in [0.29, 0.717) is 16.9 Å². The molecule has 4 aliphatic carbocycles. The van der Waals surface area contributed by atoms with Crippen LogP contribution >= 0.6 is 0 Å². The number of aliphatic hydroxyl groups is 1. The van der Waals surface area contributed by atoms with Crippen LogP contribution in [0.1, 0.15) is 65.2 Å². The van der Waals surface area contributed by atoms with Crippen molar-refractivity contribution in [3.63, 3.8) is 0 Å². The predicted molar refractivity (Wildman–Crippen MR) is 84.4 cm³/mol. The zero-order valence-electron chi connectivity index (χ0n) is 13.8. The molecule has 0 saturated heterocycles. The summed E-state index contributed by atoms with van der Waals surface area (Å²) >= 11 is 0. The Balaban J connectivity index is 1.68. The Morgan fingerprint density at radius 3 is 2.71 bits per heavy atom. The van der Waals surface area contributed by atoms with Crippen molar-refractivity contribution in [2.75, 3.05) is 0 Å². The first-order valence-electron chi connectivity index (χ1n) is 9.16. The number of allylic oxidation sites excluding steroid dienone is 1. The Bertz CT molecular complexity index is 472. The fourth-order valence-electron chi connectivity index (χ4n) is 6.75. The smallest absolute Gasteiger partial charge is 0.0900 e. The van der Waals surface area contributed by atoms with E-state index in [1.54, 1.807) is 5.57 Å². The van der Waals surface area contributed by atoms with Gasteiger partial charge in [-0.2, -0.15) is 0 Å². The molecular weight excluding hydrogens is 258 g/mol. The highest BCUT2D eigenvalue weighted by Gasteiger charge is 2.59. The number of quaternary nitrogens is 1. The topological polar surface area (TPSA) is 47.9 Å². The highest BCUT2D eigenvalue weighted by atomic mass is 16.3.